The molecular formula is C20H18N4O2. The van der Waals surface area contributed by atoms with Gasteiger partial charge in [-0.2, -0.15) is 5.10 Å². The molecule has 6 heteroatoms. The molecule has 0 bridgehead atoms. The van der Waals surface area contributed by atoms with Crippen molar-refractivity contribution >= 4 is 34.0 Å². The van der Waals surface area contributed by atoms with Gasteiger partial charge in [0.25, 0.3) is 5.91 Å². The zero-order valence-electron chi connectivity index (χ0n) is 14.3. The van der Waals surface area contributed by atoms with Gasteiger partial charge in [-0.15, -0.1) is 0 Å². The minimum absolute atomic E-state index is 0.0799. The van der Waals surface area contributed by atoms with Gasteiger partial charge in [0.2, 0.25) is 5.91 Å². The van der Waals surface area contributed by atoms with E-state index in [9.17, 15) is 9.59 Å². The highest BCUT2D eigenvalue weighted by Gasteiger charge is 2.08. The van der Waals surface area contributed by atoms with Gasteiger partial charge in [-0.1, -0.05) is 36.4 Å². The summed E-state index contributed by atoms with van der Waals surface area (Å²) in [5.41, 5.74) is 4.08. The van der Waals surface area contributed by atoms with Gasteiger partial charge in [-0.3, -0.25) is 14.6 Å². The minimum Gasteiger partial charge on any atom is -0.325 e. The number of nitrogens with zero attached hydrogens (tertiary/aromatic N) is 2. The summed E-state index contributed by atoms with van der Waals surface area (Å²) in [5.74, 6) is -0.565. The molecule has 0 fully saturated rings. The Morgan fingerprint density at radius 2 is 1.85 bits per heavy atom. The quantitative estimate of drug-likeness (QED) is 0.549. The average Bonchev–Trinajstić information content (AvgIpc) is 2.67. The molecule has 0 unspecified atom stereocenters. The molecule has 0 aliphatic heterocycles. The van der Waals surface area contributed by atoms with Crippen molar-refractivity contribution in [3.8, 4) is 0 Å². The normalized spacial score (nSPS) is 11.2. The van der Waals surface area contributed by atoms with Crippen LogP contribution in [0.2, 0.25) is 0 Å². The van der Waals surface area contributed by atoms with Crippen molar-refractivity contribution in [3.05, 3.63) is 72.6 Å². The number of hydrazone groups is 1. The van der Waals surface area contributed by atoms with E-state index in [2.05, 4.69) is 20.8 Å². The minimum atomic E-state index is -0.369. The summed E-state index contributed by atoms with van der Waals surface area (Å²) in [6.45, 7) is 1.69. The molecular weight excluding hydrogens is 328 g/mol. The molecule has 1 heterocycles. The first kappa shape index (κ1) is 17.3. The zero-order chi connectivity index (χ0) is 18.4. The Balaban J connectivity index is 1.61. The summed E-state index contributed by atoms with van der Waals surface area (Å²) in [7, 11) is 0. The molecule has 1 aromatic heterocycles. The number of hydrogen-bond donors (Lipinski definition) is 2. The lowest BCUT2D eigenvalue weighted by Crippen LogP contribution is -2.21. The van der Waals surface area contributed by atoms with Crippen molar-refractivity contribution in [2.45, 2.75) is 13.3 Å². The van der Waals surface area contributed by atoms with Gasteiger partial charge in [0.05, 0.1) is 12.0 Å². The highest BCUT2D eigenvalue weighted by atomic mass is 16.2. The van der Waals surface area contributed by atoms with Crippen LogP contribution in [0.3, 0.4) is 0 Å². The van der Waals surface area contributed by atoms with E-state index in [0.29, 0.717) is 11.3 Å². The number of benzene rings is 2. The fourth-order valence-corrected chi connectivity index (χ4v) is 2.51. The van der Waals surface area contributed by atoms with E-state index in [1.807, 2.05) is 42.5 Å². The molecule has 6 nitrogen and oxygen atoms in total. The number of pyridine rings is 1. The fraction of sp³-hybridized carbons (Fsp3) is 0.100. The number of carbonyl (C=O) groups excluding carboxylic acids is 2. The van der Waals surface area contributed by atoms with Crippen molar-refractivity contribution in [1.29, 1.82) is 0 Å². The molecule has 2 N–H and O–H groups in total. The Hall–Kier alpha value is -3.54. The molecule has 2 amide bonds. The number of carbonyl (C=O) groups is 2. The number of fused-ring (bicyclic) bond motifs is 1. The molecule has 0 radical (unpaired) electrons. The molecule has 0 atom stereocenters. The molecule has 0 saturated carbocycles. The first-order valence-electron chi connectivity index (χ1n) is 8.14. The van der Waals surface area contributed by atoms with E-state index >= 15 is 0 Å². The van der Waals surface area contributed by atoms with Crippen LogP contribution in [0.15, 0.2) is 72.1 Å². The number of anilines is 1. The smallest absolute Gasteiger partial charge is 0.272 e. The Morgan fingerprint density at radius 3 is 2.65 bits per heavy atom. The number of nitrogens with one attached hydrogen (secondary N) is 2. The maximum atomic E-state index is 12.3. The van der Waals surface area contributed by atoms with Crippen LogP contribution in [0.4, 0.5) is 5.69 Å². The van der Waals surface area contributed by atoms with Crippen LogP contribution < -0.4 is 10.7 Å². The predicted molar refractivity (Wildman–Crippen MR) is 102 cm³/mol. The van der Waals surface area contributed by atoms with Crippen molar-refractivity contribution in [1.82, 2.24) is 10.4 Å². The van der Waals surface area contributed by atoms with E-state index in [-0.39, 0.29) is 18.2 Å². The Morgan fingerprint density at radius 1 is 1.04 bits per heavy atom. The fourth-order valence-electron chi connectivity index (χ4n) is 2.51. The molecule has 2 aromatic carbocycles. The summed E-state index contributed by atoms with van der Waals surface area (Å²) in [4.78, 5) is 28.1. The molecule has 0 aliphatic rings. The van der Waals surface area contributed by atoms with Crippen LogP contribution in [-0.4, -0.2) is 22.5 Å². The lowest BCUT2D eigenvalue weighted by molar-refractivity contribution is -0.115. The molecule has 26 heavy (non-hydrogen) atoms. The van der Waals surface area contributed by atoms with Gasteiger partial charge in [-0.25, -0.2) is 5.43 Å². The molecule has 0 spiro atoms. The summed E-state index contributed by atoms with van der Waals surface area (Å²) in [6, 6.07) is 16.9. The van der Waals surface area contributed by atoms with Crippen LogP contribution in [0.25, 0.3) is 10.8 Å². The lowest BCUT2D eigenvalue weighted by Gasteiger charge is -2.08. The highest BCUT2D eigenvalue weighted by molar-refractivity contribution is 6.09. The van der Waals surface area contributed by atoms with E-state index in [1.165, 1.54) is 6.20 Å². The third-order valence-corrected chi connectivity index (χ3v) is 3.75. The van der Waals surface area contributed by atoms with E-state index in [0.717, 1.165) is 16.5 Å². The maximum Gasteiger partial charge on any atom is 0.272 e. The maximum absolute atomic E-state index is 12.3. The van der Waals surface area contributed by atoms with Gasteiger partial charge >= 0.3 is 0 Å². The van der Waals surface area contributed by atoms with Crippen LogP contribution >= 0.6 is 0 Å². The summed E-state index contributed by atoms with van der Waals surface area (Å²) >= 11 is 0. The van der Waals surface area contributed by atoms with Crippen LogP contribution in [-0.2, 0) is 4.79 Å². The first-order chi connectivity index (χ1) is 12.6. The van der Waals surface area contributed by atoms with E-state index in [1.54, 1.807) is 25.3 Å². The van der Waals surface area contributed by atoms with Crippen molar-refractivity contribution in [2.24, 2.45) is 5.10 Å². The number of hydrogen-bond acceptors (Lipinski definition) is 4. The second kappa shape index (κ2) is 8.02. The second-order valence-corrected chi connectivity index (χ2v) is 5.78. The summed E-state index contributed by atoms with van der Waals surface area (Å²) in [5, 5.41) is 8.90. The van der Waals surface area contributed by atoms with E-state index in [4.69, 9.17) is 0 Å². The Labute approximate surface area is 151 Å². The van der Waals surface area contributed by atoms with Crippen LogP contribution in [0.5, 0.6) is 0 Å². The average molecular weight is 346 g/mol. The van der Waals surface area contributed by atoms with Crippen molar-refractivity contribution in [3.63, 3.8) is 0 Å². The molecule has 0 saturated heterocycles. The number of rotatable bonds is 5. The van der Waals surface area contributed by atoms with Crippen LogP contribution in [0.1, 0.15) is 23.7 Å². The summed E-state index contributed by atoms with van der Waals surface area (Å²) < 4.78 is 0. The van der Waals surface area contributed by atoms with Gasteiger partial charge in [0.15, 0.2) is 0 Å². The molecule has 0 aliphatic carbocycles. The number of amides is 2. The first-order valence-corrected chi connectivity index (χ1v) is 8.14. The predicted octanol–water partition coefficient (Wildman–Crippen LogP) is 3.37. The van der Waals surface area contributed by atoms with Gasteiger partial charge in [0, 0.05) is 29.2 Å². The van der Waals surface area contributed by atoms with E-state index < -0.39 is 0 Å². The largest absolute Gasteiger partial charge is 0.325 e. The van der Waals surface area contributed by atoms with Gasteiger partial charge < -0.3 is 5.32 Å². The molecule has 3 aromatic rings. The topological polar surface area (TPSA) is 83.5 Å². The van der Waals surface area contributed by atoms with Gasteiger partial charge in [-0.05, 0) is 30.5 Å². The zero-order valence-corrected chi connectivity index (χ0v) is 14.3. The third-order valence-electron chi connectivity index (χ3n) is 3.75. The third kappa shape index (κ3) is 4.30. The highest BCUT2D eigenvalue weighted by Crippen LogP contribution is 2.22. The van der Waals surface area contributed by atoms with Crippen molar-refractivity contribution in [2.75, 3.05) is 5.32 Å². The van der Waals surface area contributed by atoms with Crippen molar-refractivity contribution < 1.29 is 9.59 Å². The molecule has 130 valence electrons. The van der Waals surface area contributed by atoms with Gasteiger partial charge in [0.1, 0.15) is 0 Å². The SMILES string of the molecule is CC(CC(=O)Nc1cccc2ccccc12)=NNC(=O)c1cccnc1. The Bertz CT molecular complexity index is 962. The summed E-state index contributed by atoms with van der Waals surface area (Å²) in [6.07, 6.45) is 3.12. The monoisotopic (exact) mass is 346 g/mol. The Kier molecular flexibility index (Phi) is 5.34. The second-order valence-electron chi connectivity index (χ2n) is 5.78. The number of aromatic nitrogens is 1. The lowest BCUT2D eigenvalue weighted by atomic mass is 10.1. The van der Waals surface area contributed by atoms with Crippen LogP contribution in [0, 0.1) is 0 Å². The molecule has 3 rings (SSSR count). The standard InChI is InChI=1S/C20H18N4O2/c1-14(23-24-20(26)16-8-5-11-21-13-16)12-19(25)22-18-10-4-7-15-6-2-3-9-17(15)18/h2-11,13H,12H2,1H3,(H,22,25)(H,24,26).